The molecule has 1 atom stereocenters. The summed E-state index contributed by atoms with van der Waals surface area (Å²) in [5, 5.41) is 9.93. The number of esters is 1. The van der Waals surface area contributed by atoms with Gasteiger partial charge in [0, 0.05) is 11.6 Å². The van der Waals surface area contributed by atoms with E-state index >= 15 is 0 Å². The summed E-state index contributed by atoms with van der Waals surface area (Å²) in [7, 11) is 0. The number of nitriles is 1. The normalized spacial score (nSPS) is 14.1. The molecule has 0 saturated carbocycles. The fourth-order valence-electron chi connectivity index (χ4n) is 4.34. The number of nitrogens with zero attached hydrogens (tertiary/aromatic N) is 1. The van der Waals surface area contributed by atoms with Crippen LogP contribution in [0.1, 0.15) is 61.0 Å². The van der Waals surface area contributed by atoms with Crippen molar-refractivity contribution in [1.29, 1.82) is 5.26 Å². The summed E-state index contributed by atoms with van der Waals surface area (Å²) in [5.41, 5.74) is 8.27. The molecular weight excluding hydrogens is 496 g/mol. The van der Waals surface area contributed by atoms with Crippen LogP contribution in [-0.2, 0) is 0 Å². The molecule has 4 rings (SSSR count). The highest BCUT2D eigenvalue weighted by Gasteiger charge is 2.32. The zero-order valence-electron chi connectivity index (χ0n) is 22.4. The quantitative estimate of drug-likeness (QED) is 0.180. The number of fused-ring (bicyclic) bond motifs is 1. The number of unbranched alkanes of at least 4 members (excludes halogenated alkanes) is 1. The van der Waals surface area contributed by atoms with Gasteiger partial charge in [0.2, 0.25) is 5.88 Å². The number of ether oxygens (including phenoxy) is 5. The second-order valence-electron chi connectivity index (χ2n) is 8.78. The van der Waals surface area contributed by atoms with E-state index in [9.17, 15) is 10.1 Å². The molecule has 2 N–H and O–H groups in total. The minimum atomic E-state index is -0.552. The van der Waals surface area contributed by atoms with Gasteiger partial charge in [0.05, 0.1) is 25.7 Å². The van der Waals surface area contributed by atoms with Gasteiger partial charge in [-0.1, -0.05) is 37.6 Å². The van der Waals surface area contributed by atoms with E-state index in [1.54, 1.807) is 36.4 Å². The molecule has 8 heteroatoms. The number of hydrogen-bond donors (Lipinski definition) is 1. The maximum Gasteiger partial charge on any atom is 0.347 e. The summed E-state index contributed by atoms with van der Waals surface area (Å²) < 4.78 is 28.8. The second kappa shape index (κ2) is 12.7. The van der Waals surface area contributed by atoms with E-state index in [0.29, 0.717) is 53.9 Å². The zero-order valence-corrected chi connectivity index (χ0v) is 22.4. The predicted octanol–water partition coefficient (Wildman–Crippen LogP) is 6.10. The third-order valence-corrected chi connectivity index (χ3v) is 6.16. The van der Waals surface area contributed by atoms with Gasteiger partial charge in [-0.15, -0.1) is 0 Å². The lowest BCUT2D eigenvalue weighted by molar-refractivity contribution is 0.0730. The summed E-state index contributed by atoms with van der Waals surface area (Å²) in [6.45, 7) is 7.33. The second-order valence-corrected chi connectivity index (χ2v) is 8.78. The van der Waals surface area contributed by atoms with Crippen molar-refractivity contribution in [3.8, 4) is 34.8 Å². The molecule has 202 valence electrons. The van der Waals surface area contributed by atoms with Crippen molar-refractivity contribution in [2.24, 2.45) is 5.73 Å². The van der Waals surface area contributed by atoms with Gasteiger partial charge in [0.1, 0.15) is 34.5 Å². The molecule has 0 spiro atoms. The molecule has 0 aromatic heterocycles. The lowest BCUT2D eigenvalue weighted by Gasteiger charge is -2.27. The maximum absolute atomic E-state index is 13.0. The van der Waals surface area contributed by atoms with Gasteiger partial charge in [0.15, 0.2) is 11.5 Å². The van der Waals surface area contributed by atoms with E-state index < -0.39 is 11.9 Å². The Morgan fingerprint density at radius 1 is 0.949 bits per heavy atom. The first-order chi connectivity index (χ1) is 19.0. The summed E-state index contributed by atoms with van der Waals surface area (Å²) >= 11 is 0. The van der Waals surface area contributed by atoms with Gasteiger partial charge < -0.3 is 29.4 Å². The minimum Gasteiger partial charge on any atom is -0.493 e. The third kappa shape index (κ3) is 6.10. The van der Waals surface area contributed by atoms with Crippen LogP contribution in [0.4, 0.5) is 0 Å². The van der Waals surface area contributed by atoms with Crippen LogP contribution in [-0.4, -0.2) is 25.8 Å². The van der Waals surface area contributed by atoms with Crippen LogP contribution in [0.25, 0.3) is 0 Å². The molecule has 1 unspecified atom stereocenters. The van der Waals surface area contributed by atoms with E-state index in [-0.39, 0.29) is 17.2 Å². The molecule has 0 saturated heterocycles. The van der Waals surface area contributed by atoms with E-state index in [1.807, 2.05) is 38.1 Å². The van der Waals surface area contributed by atoms with Crippen molar-refractivity contribution < 1.29 is 28.5 Å². The number of hydrogen-bond acceptors (Lipinski definition) is 8. The molecule has 8 nitrogen and oxygen atoms in total. The minimum absolute atomic E-state index is 0.0139. The van der Waals surface area contributed by atoms with Crippen molar-refractivity contribution >= 4 is 5.97 Å². The highest BCUT2D eigenvalue weighted by molar-refractivity contribution is 5.94. The largest absolute Gasteiger partial charge is 0.493 e. The average Bonchev–Trinajstić information content (AvgIpc) is 2.94. The Morgan fingerprint density at radius 2 is 1.72 bits per heavy atom. The summed E-state index contributed by atoms with van der Waals surface area (Å²) in [6.07, 6.45) is 1.87. The van der Waals surface area contributed by atoms with Crippen molar-refractivity contribution in [2.45, 2.75) is 39.5 Å². The number of allylic oxidation sites excluding steroid dienone is 1. The first kappa shape index (κ1) is 27.4. The van der Waals surface area contributed by atoms with E-state index in [4.69, 9.17) is 29.4 Å². The maximum atomic E-state index is 13.0. The Balaban J connectivity index is 1.65. The molecule has 0 amide bonds. The first-order valence-electron chi connectivity index (χ1n) is 13.1. The molecule has 3 aromatic carbocycles. The van der Waals surface area contributed by atoms with Gasteiger partial charge in [-0.2, -0.15) is 5.26 Å². The van der Waals surface area contributed by atoms with Gasteiger partial charge in [-0.25, -0.2) is 4.79 Å². The van der Waals surface area contributed by atoms with Crippen LogP contribution >= 0.6 is 0 Å². The third-order valence-electron chi connectivity index (χ3n) is 6.16. The lowest BCUT2D eigenvalue weighted by Crippen LogP contribution is -2.21. The van der Waals surface area contributed by atoms with Gasteiger partial charge >= 0.3 is 5.97 Å². The van der Waals surface area contributed by atoms with Crippen LogP contribution < -0.4 is 29.4 Å². The van der Waals surface area contributed by atoms with Gasteiger partial charge in [-0.05, 0) is 56.2 Å². The topological polar surface area (TPSA) is 113 Å². The molecule has 3 aromatic rings. The molecular formula is C31H32N2O6. The number of benzene rings is 3. The van der Waals surface area contributed by atoms with Crippen molar-refractivity contribution in [3.63, 3.8) is 0 Å². The average molecular weight is 529 g/mol. The standard InChI is InChI=1S/C31H32N2O6/c1-4-7-16-37-25-11-9-8-10-23(25)31(34)38-21-13-14-22-27(18-21)39-30(33)24(19-32)29(22)20-12-15-26(35-5-2)28(17-20)36-6-3/h8-15,17-18,29H,4-7,16,33H2,1-3H3. The Bertz CT molecular complexity index is 1410. The van der Waals surface area contributed by atoms with Crippen molar-refractivity contribution in [2.75, 3.05) is 19.8 Å². The van der Waals surface area contributed by atoms with E-state index in [0.717, 1.165) is 18.4 Å². The van der Waals surface area contributed by atoms with E-state index in [1.165, 1.54) is 0 Å². The van der Waals surface area contributed by atoms with Crippen LogP contribution in [0.2, 0.25) is 0 Å². The highest BCUT2D eigenvalue weighted by atomic mass is 16.5. The smallest absolute Gasteiger partial charge is 0.347 e. The molecule has 0 bridgehead atoms. The van der Waals surface area contributed by atoms with Crippen molar-refractivity contribution in [1.82, 2.24) is 0 Å². The zero-order chi connectivity index (χ0) is 27.8. The van der Waals surface area contributed by atoms with E-state index in [2.05, 4.69) is 13.0 Å². The summed E-state index contributed by atoms with van der Waals surface area (Å²) in [6, 6.07) is 19.7. The number of carbonyl (C=O) groups is 1. The Morgan fingerprint density at radius 3 is 2.46 bits per heavy atom. The Kier molecular flexibility index (Phi) is 8.95. The number of carbonyl (C=O) groups excluding carboxylic acids is 1. The van der Waals surface area contributed by atoms with Gasteiger partial charge in [-0.3, -0.25) is 0 Å². The SMILES string of the molecule is CCCCOc1ccccc1C(=O)Oc1ccc2c(c1)OC(N)=C(C#N)C2c1ccc(OCC)c(OCC)c1. The summed E-state index contributed by atoms with van der Waals surface area (Å²) in [4.78, 5) is 13.0. The van der Waals surface area contributed by atoms with Crippen LogP contribution in [0.15, 0.2) is 72.1 Å². The molecule has 39 heavy (non-hydrogen) atoms. The highest BCUT2D eigenvalue weighted by Crippen LogP contribution is 2.45. The van der Waals surface area contributed by atoms with Gasteiger partial charge in [0.25, 0.3) is 0 Å². The van der Waals surface area contributed by atoms with Crippen LogP contribution in [0.5, 0.6) is 28.7 Å². The fourth-order valence-corrected chi connectivity index (χ4v) is 4.34. The predicted molar refractivity (Wildman–Crippen MR) is 146 cm³/mol. The number of nitrogens with two attached hydrogens (primary N) is 1. The molecule has 1 heterocycles. The van der Waals surface area contributed by atoms with Crippen LogP contribution in [0, 0.1) is 11.3 Å². The molecule has 0 aliphatic carbocycles. The first-order valence-corrected chi connectivity index (χ1v) is 13.1. The molecule has 0 radical (unpaired) electrons. The summed E-state index contributed by atoms with van der Waals surface area (Å²) in [5.74, 6) is 1.25. The molecule has 1 aliphatic heterocycles. The molecule has 1 aliphatic rings. The lowest BCUT2D eigenvalue weighted by atomic mass is 9.83. The van der Waals surface area contributed by atoms with Crippen LogP contribution in [0.3, 0.4) is 0 Å². The number of para-hydroxylation sites is 1. The van der Waals surface area contributed by atoms with Crippen molar-refractivity contribution in [3.05, 3.63) is 88.8 Å². The monoisotopic (exact) mass is 528 g/mol. The Labute approximate surface area is 228 Å². The molecule has 0 fully saturated rings. The fraction of sp³-hybridized carbons (Fsp3) is 0.290. The number of rotatable bonds is 11. The Hall–Kier alpha value is -4.64.